The predicted octanol–water partition coefficient (Wildman–Crippen LogP) is 5.27. The lowest BCUT2D eigenvalue weighted by Gasteiger charge is -2.08. The summed E-state index contributed by atoms with van der Waals surface area (Å²) in [6.45, 7) is 6.27. The number of hydrogen-bond donors (Lipinski definition) is 2. The molecule has 27 heavy (non-hydrogen) atoms. The number of nitrogens with two attached hydrogens (primary N) is 1. The summed E-state index contributed by atoms with van der Waals surface area (Å²) in [5.41, 5.74) is 11.1. The number of thiophene rings is 1. The number of aldehydes is 1. The number of fused-ring (bicyclic) bond motifs is 1. The van der Waals surface area contributed by atoms with Gasteiger partial charge in [-0.3, -0.25) is 9.48 Å². The second-order valence-corrected chi connectivity index (χ2v) is 7.48. The fourth-order valence-electron chi connectivity index (χ4n) is 2.78. The van der Waals surface area contributed by atoms with Gasteiger partial charge in [0.25, 0.3) is 0 Å². The van der Waals surface area contributed by atoms with Crippen LogP contribution in [0.5, 0.6) is 0 Å². The molecule has 0 aliphatic carbocycles. The molecule has 2 aromatic heterocycles. The Hall–Kier alpha value is -2.60. The molecule has 0 amide bonds. The summed E-state index contributed by atoms with van der Waals surface area (Å²) in [7, 11) is 3.78. The Bertz CT molecular complexity index is 918. The SMILES string of the molecule is CCC/C=C(\C)c1ccc(N)c(NC)c1.Cc1nn(C)c2sc(C=O)cc12. The van der Waals surface area contributed by atoms with Crippen molar-refractivity contribution in [3.05, 3.63) is 46.5 Å². The molecule has 0 saturated heterocycles. The maximum Gasteiger partial charge on any atom is 0.160 e. The van der Waals surface area contributed by atoms with Gasteiger partial charge in [0.1, 0.15) is 4.83 Å². The van der Waals surface area contributed by atoms with Crippen LogP contribution in [0.2, 0.25) is 0 Å². The topological polar surface area (TPSA) is 72.9 Å². The van der Waals surface area contributed by atoms with E-state index in [1.54, 1.807) is 0 Å². The largest absolute Gasteiger partial charge is 0.397 e. The molecule has 144 valence electrons. The van der Waals surface area contributed by atoms with Crippen molar-refractivity contribution >= 4 is 44.8 Å². The highest BCUT2D eigenvalue weighted by molar-refractivity contribution is 7.20. The third-order valence-corrected chi connectivity index (χ3v) is 5.48. The minimum absolute atomic E-state index is 0.765. The van der Waals surface area contributed by atoms with Crippen LogP contribution in [0.4, 0.5) is 11.4 Å². The first-order valence-corrected chi connectivity index (χ1v) is 9.85. The van der Waals surface area contributed by atoms with Crippen molar-refractivity contribution in [2.75, 3.05) is 18.1 Å². The number of aryl methyl sites for hydroxylation is 2. The predicted molar refractivity (Wildman–Crippen MR) is 118 cm³/mol. The Morgan fingerprint density at radius 2 is 2.11 bits per heavy atom. The number of allylic oxidation sites excluding steroid dienone is 2. The highest BCUT2D eigenvalue weighted by atomic mass is 32.1. The van der Waals surface area contributed by atoms with E-state index in [1.807, 2.05) is 37.8 Å². The van der Waals surface area contributed by atoms with E-state index in [0.29, 0.717) is 0 Å². The van der Waals surface area contributed by atoms with Crippen molar-refractivity contribution in [3.8, 4) is 0 Å². The normalized spacial score (nSPS) is 11.2. The van der Waals surface area contributed by atoms with Gasteiger partial charge < -0.3 is 11.1 Å². The zero-order valence-electron chi connectivity index (χ0n) is 16.7. The molecule has 2 heterocycles. The lowest BCUT2D eigenvalue weighted by molar-refractivity contribution is 0.112. The van der Waals surface area contributed by atoms with Crippen LogP contribution in [0.1, 0.15) is 47.6 Å². The van der Waals surface area contributed by atoms with E-state index < -0.39 is 0 Å². The van der Waals surface area contributed by atoms with Crippen LogP contribution in [0.3, 0.4) is 0 Å². The highest BCUT2D eigenvalue weighted by Gasteiger charge is 2.08. The van der Waals surface area contributed by atoms with Crippen LogP contribution in [-0.4, -0.2) is 23.1 Å². The van der Waals surface area contributed by atoms with Gasteiger partial charge in [-0.05, 0) is 49.6 Å². The fourth-order valence-corrected chi connectivity index (χ4v) is 3.72. The first-order valence-electron chi connectivity index (χ1n) is 9.04. The second kappa shape index (κ2) is 9.37. The molecule has 3 N–H and O–H groups in total. The Labute approximate surface area is 164 Å². The minimum Gasteiger partial charge on any atom is -0.397 e. The number of hydrogen-bond acceptors (Lipinski definition) is 5. The Kier molecular flexibility index (Phi) is 7.19. The van der Waals surface area contributed by atoms with E-state index in [-0.39, 0.29) is 0 Å². The molecule has 0 unspecified atom stereocenters. The third-order valence-electron chi connectivity index (χ3n) is 4.35. The standard InChI is InChI=1S/C13H20N2.C8H8N2OS/c1-4-5-6-10(2)11-7-8-12(14)13(9-11)15-3;1-5-7-3-6(4-11)12-8(7)10(2)9-5/h6-9,15H,4-5,14H2,1-3H3;3-4H,1-2H3/b10-6+;. The van der Waals surface area contributed by atoms with Gasteiger partial charge in [-0.25, -0.2) is 0 Å². The van der Waals surface area contributed by atoms with Crippen LogP contribution in [0.25, 0.3) is 15.8 Å². The van der Waals surface area contributed by atoms with Gasteiger partial charge in [0, 0.05) is 19.5 Å². The Morgan fingerprint density at radius 1 is 1.37 bits per heavy atom. The molecule has 3 rings (SSSR count). The van der Waals surface area contributed by atoms with Gasteiger partial charge in [0.05, 0.1) is 21.9 Å². The number of benzene rings is 1. The summed E-state index contributed by atoms with van der Waals surface area (Å²) < 4.78 is 1.81. The number of aromatic nitrogens is 2. The molecule has 0 spiro atoms. The molecule has 0 fully saturated rings. The van der Waals surface area contributed by atoms with Crippen molar-refractivity contribution in [3.63, 3.8) is 0 Å². The van der Waals surface area contributed by atoms with Gasteiger partial charge in [-0.2, -0.15) is 5.10 Å². The first kappa shape index (κ1) is 20.7. The minimum atomic E-state index is 0.765. The van der Waals surface area contributed by atoms with Crippen LogP contribution in [0, 0.1) is 6.92 Å². The summed E-state index contributed by atoms with van der Waals surface area (Å²) in [5.74, 6) is 0. The molecule has 0 saturated carbocycles. The number of anilines is 2. The van der Waals surface area contributed by atoms with Crippen LogP contribution in [0.15, 0.2) is 30.3 Å². The van der Waals surface area contributed by atoms with Crippen LogP contribution < -0.4 is 11.1 Å². The molecule has 0 aliphatic rings. The molecule has 0 bridgehead atoms. The van der Waals surface area contributed by atoms with Crippen molar-refractivity contribution < 1.29 is 4.79 Å². The summed E-state index contributed by atoms with van der Waals surface area (Å²) in [5, 5.41) is 8.42. The van der Waals surface area contributed by atoms with Gasteiger partial charge in [0.2, 0.25) is 0 Å². The molecule has 1 aromatic carbocycles. The molecular weight excluding hydrogens is 356 g/mol. The Morgan fingerprint density at radius 3 is 2.70 bits per heavy atom. The van der Waals surface area contributed by atoms with Gasteiger partial charge in [-0.1, -0.05) is 25.5 Å². The lowest BCUT2D eigenvalue weighted by Crippen LogP contribution is -1.96. The highest BCUT2D eigenvalue weighted by Crippen LogP contribution is 2.26. The van der Waals surface area contributed by atoms with E-state index in [1.165, 1.54) is 28.9 Å². The number of nitrogens with zero attached hydrogens (tertiary/aromatic N) is 2. The van der Waals surface area contributed by atoms with E-state index in [4.69, 9.17) is 5.73 Å². The molecular formula is C21H28N4OS. The van der Waals surface area contributed by atoms with Crippen molar-refractivity contribution in [2.45, 2.75) is 33.6 Å². The summed E-state index contributed by atoms with van der Waals surface area (Å²) >= 11 is 1.48. The van der Waals surface area contributed by atoms with Crippen molar-refractivity contribution in [1.82, 2.24) is 9.78 Å². The number of carbonyl (C=O) groups is 1. The summed E-state index contributed by atoms with van der Waals surface area (Å²) in [4.78, 5) is 12.3. The molecule has 0 atom stereocenters. The smallest absolute Gasteiger partial charge is 0.160 e. The van der Waals surface area contributed by atoms with E-state index in [9.17, 15) is 4.79 Å². The van der Waals surface area contributed by atoms with E-state index >= 15 is 0 Å². The first-order chi connectivity index (χ1) is 12.9. The van der Waals surface area contributed by atoms with Crippen molar-refractivity contribution in [2.24, 2.45) is 7.05 Å². The summed E-state index contributed by atoms with van der Waals surface area (Å²) in [6.07, 6.45) is 5.46. The average molecular weight is 385 g/mol. The molecule has 5 nitrogen and oxygen atoms in total. The number of nitrogen functional groups attached to an aromatic ring is 1. The third kappa shape index (κ3) is 4.98. The maximum absolute atomic E-state index is 10.5. The number of unbranched alkanes of at least 4 members (excludes halogenated alkanes) is 1. The maximum atomic E-state index is 10.5. The quantitative estimate of drug-likeness (QED) is 0.464. The van der Waals surface area contributed by atoms with Gasteiger partial charge >= 0.3 is 0 Å². The summed E-state index contributed by atoms with van der Waals surface area (Å²) in [6, 6.07) is 7.99. The van der Waals surface area contributed by atoms with E-state index in [0.717, 1.165) is 44.9 Å². The number of rotatable bonds is 5. The zero-order chi connectivity index (χ0) is 20.0. The van der Waals surface area contributed by atoms with Crippen LogP contribution in [-0.2, 0) is 7.05 Å². The second-order valence-electron chi connectivity index (χ2n) is 6.42. The monoisotopic (exact) mass is 384 g/mol. The Balaban J connectivity index is 0.000000198. The molecule has 0 radical (unpaired) electrons. The van der Waals surface area contributed by atoms with Crippen molar-refractivity contribution in [1.29, 1.82) is 0 Å². The lowest BCUT2D eigenvalue weighted by atomic mass is 10.0. The van der Waals surface area contributed by atoms with E-state index in [2.05, 4.69) is 42.5 Å². The molecule has 3 aromatic rings. The zero-order valence-corrected chi connectivity index (χ0v) is 17.5. The number of carbonyl (C=O) groups excluding carboxylic acids is 1. The molecule has 0 aliphatic heterocycles. The molecule has 6 heteroatoms. The van der Waals surface area contributed by atoms with Gasteiger partial charge in [-0.15, -0.1) is 11.3 Å². The van der Waals surface area contributed by atoms with Crippen LogP contribution >= 0.6 is 11.3 Å². The average Bonchev–Trinajstić information content (AvgIpc) is 3.21. The number of nitrogens with one attached hydrogen (secondary N) is 1. The fraction of sp³-hybridized carbons (Fsp3) is 0.333. The van der Waals surface area contributed by atoms with Gasteiger partial charge in [0.15, 0.2) is 6.29 Å².